The second kappa shape index (κ2) is 7.35. The van der Waals surface area contributed by atoms with Gasteiger partial charge in [-0.1, -0.05) is 66.2 Å². The van der Waals surface area contributed by atoms with Gasteiger partial charge in [-0.15, -0.1) is 0 Å². The zero-order valence-corrected chi connectivity index (χ0v) is 12.0. The van der Waals surface area contributed by atoms with E-state index in [2.05, 4.69) is 27.7 Å². The molecule has 0 aromatic heterocycles. The highest BCUT2D eigenvalue weighted by Crippen LogP contribution is 2.38. The molecule has 0 aliphatic heterocycles. The fourth-order valence-electron chi connectivity index (χ4n) is 3.81. The molecule has 16 heavy (non-hydrogen) atoms. The van der Waals surface area contributed by atoms with Crippen LogP contribution in [0.15, 0.2) is 0 Å². The van der Waals surface area contributed by atoms with E-state index in [0.29, 0.717) is 0 Å². The van der Waals surface area contributed by atoms with E-state index in [1.807, 2.05) is 0 Å². The van der Waals surface area contributed by atoms with Crippen LogP contribution in [-0.4, -0.2) is 0 Å². The van der Waals surface area contributed by atoms with E-state index in [0.717, 1.165) is 23.7 Å². The fraction of sp³-hybridized carbons (Fsp3) is 1.00. The molecule has 1 aliphatic rings. The van der Waals surface area contributed by atoms with Gasteiger partial charge in [-0.25, -0.2) is 0 Å². The van der Waals surface area contributed by atoms with Crippen molar-refractivity contribution in [1.82, 2.24) is 0 Å². The average molecular weight is 224 g/mol. The maximum Gasteiger partial charge on any atom is -0.0360 e. The average Bonchev–Trinajstić information content (AvgIpc) is 2.42. The van der Waals surface area contributed by atoms with Crippen molar-refractivity contribution in [1.29, 1.82) is 0 Å². The predicted molar refractivity (Wildman–Crippen MR) is 73.6 cm³/mol. The molecule has 1 aliphatic carbocycles. The monoisotopic (exact) mass is 224 g/mol. The van der Waals surface area contributed by atoms with E-state index in [9.17, 15) is 0 Å². The van der Waals surface area contributed by atoms with Crippen molar-refractivity contribution in [2.45, 2.75) is 79.1 Å². The first kappa shape index (κ1) is 14.1. The molecule has 0 saturated heterocycles. The second-order valence-corrected chi connectivity index (χ2v) is 6.46. The highest BCUT2D eigenvalue weighted by atomic mass is 14.3. The molecule has 3 atom stereocenters. The van der Waals surface area contributed by atoms with Gasteiger partial charge in [0, 0.05) is 0 Å². The molecular weight excluding hydrogens is 192 g/mol. The van der Waals surface area contributed by atoms with Gasteiger partial charge in [-0.3, -0.25) is 0 Å². The lowest BCUT2D eigenvalue weighted by atomic mass is 9.74. The van der Waals surface area contributed by atoms with Crippen LogP contribution in [0.3, 0.4) is 0 Å². The Balaban J connectivity index is 2.55. The lowest BCUT2D eigenvalue weighted by Crippen LogP contribution is -2.22. The second-order valence-electron chi connectivity index (χ2n) is 6.46. The summed E-state index contributed by atoms with van der Waals surface area (Å²) in [6.45, 7) is 9.62. The lowest BCUT2D eigenvalue weighted by Gasteiger charge is -2.31. The van der Waals surface area contributed by atoms with E-state index >= 15 is 0 Å². The molecule has 0 nitrogen and oxygen atoms in total. The molecular formula is C16H32. The van der Waals surface area contributed by atoms with Gasteiger partial charge in [0.05, 0.1) is 0 Å². The minimum absolute atomic E-state index is 0.875. The van der Waals surface area contributed by atoms with Crippen molar-refractivity contribution in [2.75, 3.05) is 0 Å². The Labute approximate surface area is 103 Å². The van der Waals surface area contributed by atoms with E-state index < -0.39 is 0 Å². The number of hydrogen-bond donors (Lipinski definition) is 0. The van der Waals surface area contributed by atoms with Crippen LogP contribution in [-0.2, 0) is 0 Å². The number of rotatable bonds is 5. The van der Waals surface area contributed by atoms with Gasteiger partial charge < -0.3 is 0 Å². The van der Waals surface area contributed by atoms with Crippen LogP contribution in [0.4, 0.5) is 0 Å². The third-order valence-electron chi connectivity index (χ3n) is 4.45. The Morgan fingerprint density at radius 2 is 1.69 bits per heavy atom. The third kappa shape index (κ3) is 4.47. The van der Waals surface area contributed by atoms with Crippen LogP contribution in [0.5, 0.6) is 0 Å². The standard InChI is InChI=1S/C16H32/c1-5-9-15-10-7-6-8-11-16(15)14(4)12-13(2)3/h13-16H,5-12H2,1-4H3. The van der Waals surface area contributed by atoms with Crippen LogP contribution < -0.4 is 0 Å². The first-order chi connectivity index (χ1) is 7.65. The minimum Gasteiger partial charge on any atom is -0.0654 e. The highest BCUT2D eigenvalue weighted by Gasteiger charge is 2.27. The summed E-state index contributed by atoms with van der Waals surface area (Å²) < 4.78 is 0. The quantitative estimate of drug-likeness (QED) is 0.528. The van der Waals surface area contributed by atoms with Gasteiger partial charge in [0.15, 0.2) is 0 Å². The third-order valence-corrected chi connectivity index (χ3v) is 4.45. The van der Waals surface area contributed by atoms with Crippen LogP contribution in [0.1, 0.15) is 79.1 Å². The molecule has 0 aromatic carbocycles. The summed E-state index contributed by atoms with van der Waals surface area (Å²) in [7, 11) is 0. The van der Waals surface area contributed by atoms with Crippen molar-refractivity contribution in [3.8, 4) is 0 Å². The van der Waals surface area contributed by atoms with Crippen LogP contribution in [0.2, 0.25) is 0 Å². The molecule has 0 bridgehead atoms. The highest BCUT2D eigenvalue weighted by molar-refractivity contribution is 4.78. The van der Waals surface area contributed by atoms with Crippen LogP contribution in [0.25, 0.3) is 0 Å². The van der Waals surface area contributed by atoms with E-state index in [-0.39, 0.29) is 0 Å². The summed E-state index contributed by atoms with van der Waals surface area (Å²) in [5.74, 6) is 3.90. The Morgan fingerprint density at radius 1 is 1.00 bits per heavy atom. The molecule has 0 heterocycles. The maximum absolute atomic E-state index is 2.51. The largest absolute Gasteiger partial charge is 0.0654 e. The summed E-state index contributed by atoms with van der Waals surface area (Å²) in [5.41, 5.74) is 0. The van der Waals surface area contributed by atoms with Crippen molar-refractivity contribution < 1.29 is 0 Å². The Morgan fingerprint density at radius 3 is 2.31 bits per heavy atom. The van der Waals surface area contributed by atoms with E-state index in [1.165, 1.54) is 51.4 Å². The molecule has 0 heteroatoms. The van der Waals surface area contributed by atoms with Gasteiger partial charge in [-0.2, -0.15) is 0 Å². The number of hydrogen-bond acceptors (Lipinski definition) is 0. The molecule has 3 unspecified atom stereocenters. The first-order valence-corrected chi connectivity index (χ1v) is 7.65. The Hall–Kier alpha value is 0. The van der Waals surface area contributed by atoms with Gasteiger partial charge >= 0.3 is 0 Å². The molecule has 0 radical (unpaired) electrons. The predicted octanol–water partition coefficient (Wildman–Crippen LogP) is 5.67. The summed E-state index contributed by atoms with van der Waals surface area (Å²) in [5, 5.41) is 0. The molecule has 1 saturated carbocycles. The summed E-state index contributed by atoms with van der Waals surface area (Å²) in [6, 6.07) is 0. The maximum atomic E-state index is 2.51. The molecule has 1 fully saturated rings. The molecule has 0 aromatic rings. The van der Waals surface area contributed by atoms with Crippen molar-refractivity contribution in [3.05, 3.63) is 0 Å². The molecule has 96 valence electrons. The van der Waals surface area contributed by atoms with Gasteiger partial charge in [0.25, 0.3) is 0 Å². The normalized spacial score (nSPS) is 29.1. The Kier molecular flexibility index (Phi) is 6.46. The smallest absolute Gasteiger partial charge is 0.0360 e. The lowest BCUT2D eigenvalue weighted by molar-refractivity contribution is 0.190. The zero-order chi connectivity index (χ0) is 12.0. The SMILES string of the molecule is CCCC1CCCCCC1C(C)CC(C)C. The summed E-state index contributed by atoms with van der Waals surface area (Å²) in [6.07, 6.45) is 11.8. The first-order valence-electron chi connectivity index (χ1n) is 7.65. The zero-order valence-electron chi connectivity index (χ0n) is 12.0. The fourth-order valence-corrected chi connectivity index (χ4v) is 3.81. The van der Waals surface area contributed by atoms with E-state index in [4.69, 9.17) is 0 Å². The summed E-state index contributed by atoms with van der Waals surface area (Å²) in [4.78, 5) is 0. The van der Waals surface area contributed by atoms with E-state index in [1.54, 1.807) is 0 Å². The van der Waals surface area contributed by atoms with Crippen LogP contribution >= 0.6 is 0 Å². The molecule has 1 rings (SSSR count). The minimum atomic E-state index is 0.875. The van der Waals surface area contributed by atoms with Gasteiger partial charge in [0.1, 0.15) is 0 Å². The van der Waals surface area contributed by atoms with Gasteiger partial charge in [0.2, 0.25) is 0 Å². The summed E-state index contributed by atoms with van der Waals surface area (Å²) >= 11 is 0. The van der Waals surface area contributed by atoms with Gasteiger partial charge in [-0.05, 0) is 36.5 Å². The molecule has 0 spiro atoms. The van der Waals surface area contributed by atoms with Crippen molar-refractivity contribution >= 4 is 0 Å². The topological polar surface area (TPSA) is 0 Å². The van der Waals surface area contributed by atoms with Crippen molar-refractivity contribution in [2.24, 2.45) is 23.7 Å². The molecule has 0 N–H and O–H groups in total. The van der Waals surface area contributed by atoms with Crippen molar-refractivity contribution in [3.63, 3.8) is 0 Å². The van der Waals surface area contributed by atoms with Crippen LogP contribution in [0, 0.1) is 23.7 Å². The Bertz CT molecular complexity index is 171. The molecule has 0 amide bonds.